The highest BCUT2D eigenvalue weighted by Crippen LogP contribution is 2.29. The summed E-state index contributed by atoms with van der Waals surface area (Å²) in [5.74, 6) is 0. The van der Waals surface area contributed by atoms with Crippen LogP contribution in [0, 0.1) is 6.92 Å². The van der Waals surface area contributed by atoms with Crippen molar-refractivity contribution in [3.8, 4) is 0 Å². The summed E-state index contributed by atoms with van der Waals surface area (Å²) in [7, 11) is 1.94. The number of aromatic nitrogens is 4. The molecule has 0 spiro atoms. The molecule has 0 radical (unpaired) electrons. The molecular formula is C18H23N5O. The van der Waals surface area contributed by atoms with E-state index >= 15 is 0 Å². The van der Waals surface area contributed by atoms with E-state index in [1.54, 1.807) is 0 Å². The zero-order chi connectivity index (χ0) is 16.7. The molecule has 1 fully saturated rings. The van der Waals surface area contributed by atoms with Crippen molar-refractivity contribution in [1.29, 1.82) is 0 Å². The fourth-order valence-electron chi connectivity index (χ4n) is 3.44. The van der Waals surface area contributed by atoms with Crippen LogP contribution >= 0.6 is 0 Å². The molecule has 0 aliphatic carbocycles. The van der Waals surface area contributed by atoms with Crippen LogP contribution in [-0.2, 0) is 23.9 Å². The summed E-state index contributed by atoms with van der Waals surface area (Å²) in [5, 5.41) is 4.29. The smallest absolute Gasteiger partial charge is 0.136 e. The Hall–Kier alpha value is -2.18. The Morgan fingerprint density at radius 2 is 2.12 bits per heavy atom. The van der Waals surface area contributed by atoms with E-state index in [0.29, 0.717) is 0 Å². The molecule has 126 valence electrons. The van der Waals surface area contributed by atoms with E-state index in [1.807, 2.05) is 30.3 Å². The van der Waals surface area contributed by atoms with Crippen molar-refractivity contribution in [3.05, 3.63) is 53.7 Å². The molecule has 0 N–H and O–H groups in total. The van der Waals surface area contributed by atoms with E-state index in [4.69, 9.17) is 4.74 Å². The molecule has 0 aromatic carbocycles. The largest absolute Gasteiger partial charge is 0.368 e. The van der Waals surface area contributed by atoms with Gasteiger partial charge in [0.1, 0.15) is 11.2 Å². The number of ether oxygens (including phenoxy) is 1. The quantitative estimate of drug-likeness (QED) is 0.740. The van der Waals surface area contributed by atoms with E-state index < -0.39 is 0 Å². The summed E-state index contributed by atoms with van der Waals surface area (Å²) in [5.41, 5.74) is 4.26. The van der Waals surface area contributed by atoms with Gasteiger partial charge in [0, 0.05) is 44.6 Å². The number of fused-ring (bicyclic) bond motifs is 1. The van der Waals surface area contributed by atoms with Crippen molar-refractivity contribution >= 4 is 5.65 Å². The van der Waals surface area contributed by atoms with Crippen LogP contribution in [0.1, 0.15) is 23.7 Å². The maximum atomic E-state index is 6.10. The summed E-state index contributed by atoms with van der Waals surface area (Å²) < 4.78 is 10.1. The van der Waals surface area contributed by atoms with Gasteiger partial charge in [-0.1, -0.05) is 6.07 Å². The van der Waals surface area contributed by atoms with E-state index in [2.05, 4.69) is 51.6 Å². The normalized spacial score (nSPS) is 22.3. The molecule has 4 heterocycles. The van der Waals surface area contributed by atoms with Gasteiger partial charge in [-0.05, 0) is 25.5 Å². The summed E-state index contributed by atoms with van der Waals surface area (Å²) in [6.07, 6.45) is 8.08. The van der Waals surface area contributed by atoms with Gasteiger partial charge in [-0.2, -0.15) is 5.10 Å². The summed E-state index contributed by atoms with van der Waals surface area (Å²) in [6, 6.07) is 4.16. The lowest BCUT2D eigenvalue weighted by atomic mass is 9.97. The Labute approximate surface area is 141 Å². The Bertz CT molecular complexity index is 867. The number of hydrogen-bond acceptors (Lipinski definition) is 4. The van der Waals surface area contributed by atoms with Gasteiger partial charge in [0.2, 0.25) is 0 Å². The number of imidazole rings is 1. The van der Waals surface area contributed by atoms with Gasteiger partial charge in [-0.3, -0.25) is 9.58 Å². The predicted molar refractivity (Wildman–Crippen MR) is 91.7 cm³/mol. The third-order valence-corrected chi connectivity index (χ3v) is 4.78. The fourth-order valence-corrected chi connectivity index (χ4v) is 3.44. The maximum absolute atomic E-state index is 6.10. The molecular weight excluding hydrogens is 302 g/mol. The molecule has 1 aliphatic rings. The third kappa shape index (κ3) is 2.72. The lowest BCUT2D eigenvalue weighted by Gasteiger charge is -2.40. The van der Waals surface area contributed by atoms with Crippen molar-refractivity contribution in [3.63, 3.8) is 0 Å². The van der Waals surface area contributed by atoms with Crippen molar-refractivity contribution in [2.24, 2.45) is 7.05 Å². The average Bonchev–Trinajstić information content (AvgIpc) is 3.15. The lowest BCUT2D eigenvalue weighted by Crippen LogP contribution is -2.47. The summed E-state index contributed by atoms with van der Waals surface area (Å²) in [4.78, 5) is 6.95. The van der Waals surface area contributed by atoms with Gasteiger partial charge in [0.25, 0.3) is 0 Å². The minimum Gasteiger partial charge on any atom is -0.368 e. The number of aryl methyl sites for hydroxylation is 2. The topological polar surface area (TPSA) is 47.6 Å². The molecule has 3 aromatic heterocycles. The Morgan fingerprint density at radius 1 is 1.25 bits per heavy atom. The second kappa shape index (κ2) is 5.72. The van der Waals surface area contributed by atoms with Crippen molar-refractivity contribution < 1.29 is 4.74 Å². The lowest BCUT2D eigenvalue weighted by molar-refractivity contribution is -0.105. The highest BCUT2D eigenvalue weighted by atomic mass is 16.5. The summed E-state index contributed by atoms with van der Waals surface area (Å²) in [6.45, 7) is 7.61. The Kier molecular flexibility index (Phi) is 3.66. The molecule has 6 heteroatoms. The van der Waals surface area contributed by atoms with E-state index in [9.17, 15) is 0 Å². The fraction of sp³-hybridized carbons (Fsp3) is 0.444. The number of nitrogens with zero attached hydrogens (tertiary/aromatic N) is 5. The maximum Gasteiger partial charge on any atom is 0.136 e. The first-order valence-electron chi connectivity index (χ1n) is 8.31. The SMILES string of the molecule is Cc1ccc2ncc(CN3CCO[C@](C)(c4cnn(C)c4)C3)n2c1. The molecule has 3 aromatic rings. The highest BCUT2D eigenvalue weighted by molar-refractivity contribution is 5.41. The molecule has 0 bridgehead atoms. The molecule has 24 heavy (non-hydrogen) atoms. The standard InChI is InChI=1S/C18H23N5O/c1-14-4-5-17-19-9-16(23(17)10-14)12-22-6-7-24-18(2,13-22)15-8-20-21(3)11-15/h4-5,8-11H,6-7,12-13H2,1-3H3/t18-/m0/s1. The molecule has 1 aliphatic heterocycles. The van der Waals surface area contributed by atoms with Crippen molar-refractivity contribution in [2.45, 2.75) is 26.0 Å². The van der Waals surface area contributed by atoms with Crippen LogP contribution < -0.4 is 0 Å². The van der Waals surface area contributed by atoms with Gasteiger partial charge in [-0.15, -0.1) is 0 Å². The van der Waals surface area contributed by atoms with Gasteiger partial charge < -0.3 is 9.14 Å². The van der Waals surface area contributed by atoms with Crippen LogP contribution in [0.4, 0.5) is 0 Å². The minimum atomic E-state index is -0.317. The molecule has 1 atom stereocenters. The first-order chi connectivity index (χ1) is 11.5. The Balaban J connectivity index is 1.57. The van der Waals surface area contributed by atoms with Crippen molar-refractivity contribution in [1.82, 2.24) is 24.1 Å². The van der Waals surface area contributed by atoms with E-state index in [1.165, 1.54) is 11.3 Å². The Morgan fingerprint density at radius 3 is 2.92 bits per heavy atom. The van der Waals surface area contributed by atoms with Gasteiger partial charge in [0.05, 0.1) is 24.7 Å². The van der Waals surface area contributed by atoms with Crippen LogP contribution in [0.3, 0.4) is 0 Å². The molecule has 0 amide bonds. The van der Waals surface area contributed by atoms with Gasteiger partial charge in [0.15, 0.2) is 0 Å². The third-order valence-electron chi connectivity index (χ3n) is 4.78. The van der Waals surface area contributed by atoms with Gasteiger partial charge >= 0.3 is 0 Å². The average molecular weight is 325 g/mol. The minimum absolute atomic E-state index is 0.317. The number of rotatable bonds is 3. The highest BCUT2D eigenvalue weighted by Gasteiger charge is 2.35. The first-order valence-corrected chi connectivity index (χ1v) is 8.31. The molecule has 0 unspecified atom stereocenters. The second-order valence-electron chi connectivity index (χ2n) is 6.88. The van der Waals surface area contributed by atoms with Crippen LogP contribution in [0.15, 0.2) is 36.9 Å². The number of pyridine rings is 1. The van der Waals surface area contributed by atoms with Crippen LogP contribution in [0.2, 0.25) is 0 Å². The van der Waals surface area contributed by atoms with Crippen molar-refractivity contribution in [2.75, 3.05) is 19.7 Å². The number of hydrogen-bond donors (Lipinski definition) is 0. The second-order valence-corrected chi connectivity index (χ2v) is 6.88. The van der Waals surface area contributed by atoms with Crippen LogP contribution in [-0.4, -0.2) is 43.8 Å². The predicted octanol–water partition coefficient (Wildman–Crippen LogP) is 2.12. The van der Waals surface area contributed by atoms with Crippen LogP contribution in [0.5, 0.6) is 0 Å². The van der Waals surface area contributed by atoms with E-state index in [0.717, 1.165) is 37.5 Å². The molecule has 0 saturated carbocycles. The zero-order valence-electron chi connectivity index (χ0n) is 14.4. The first kappa shape index (κ1) is 15.4. The zero-order valence-corrected chi connectivity index (χ0v) is 14.4. The van der Waals surface area contributed by atoms with E-state index in [-0.39, 0.29) is 5.60 Å². The van der Waals surface area contributed by atoms with Gasteiger partial charge in [-0.25, -0.2) is 4.98 Å². The monoisotopic (exact) mass is 325 g/mol. The molecule has 1 saturated heterocycles. The summed E-state index contributed by atoms with van der Waals surface area (Å²) >= 11 is 0. The molecule has 4 rings (SSSR count). The number of morpholine rings is 1. The van der Waals surface area contributed by atoms with Crippen LogP contribution in [0.25, 0.3) is 5.65 Å². The molecule has 6 nitrogen and oxygen atoms in total.